The molecule has 0 aliphatic rings. The molecule has 0 unspecified atom stereocenters. The summed E-state index contributed by atoms with van der Waals surface area (Å²) >= 11 is 0. The van der Waals surface area contributed by atoms with E-state index in [1.165, 1.54) is 12.7 Å². The minimum absolute atomic E-state index is 0.413. The van der Waals surface area contributed by atoms with Crippen LogP contribution in [0.15, 0.2) is 23.4 Å². The Labute approximate surface area is 88.9 Å². The van der Waals surface area contributed by atoms with Gasteiger partial charge in [-0.3, -0.25) is 4.79 Å². The summed E-state index contributed by atoms with van der Waals surface area (Å²) < 4.78 is 0. The van der Waals surface area contributed by atoms with Gasteiger partial charge in [-0.15, -0.1) is 0 Å². The van der Waals surface area contributed by atoms with Crippen molar-refractivity contribution >= 4 is 12.2 Å². The zero-order chi connectivity index (χ0) is 11.3. The first kappa shape index (κ1) is 11.2. The number of aryl methyl sites for hydroxylation is 2. The highest BCUT2D eigenvalue weighted by Gasteiger charge is 2.04. The van der Waals surface area contributed by atoms with Crippen LogP contribution in [0.1, 0.15) is 16.7 Å². The van der Waals surface area contributed by atoms with Crippen LogP contribution in [0.25, 0.3) is 0 Å². The second kappa shape index (κ2) is 5.14. The summed E-state index contributed by atoms with van der Waals surface area (Å²) in [6.45, 7) is 4.03. The van der Waals surface area contributed by atoms with Crippen LogP contribution in [-0.2, 0) is 9.63 Å². The topological polar surface area (TPSA) is 50.7 Å². The lowest BCUT2D eigenvalue weighted by molar-refractivity contribution is -0.108. The van der Waals surface area contributed by atoms with Crippen molar-refractivity contribution < 1.29 is 9.63 Å². The van der Waals surface area contributed by atoms with Crippen LogP contribution in [0, 0.1) is 13.8 Å². The predicted octanol–water partition coefficient (Wildman–Crippen LogP) is 1.36. The van der Waals surface area contributed by atoms with E-state index in [1.807, 2.05) is 32.0 Å². The molecule has 0 fully saturated rings. The van der Waals surface area contributed by atoms with E-state index in [1.54, 1.807) is 0 Å². The number of carbonyl (C=O) groups excluding carboxylic acids is 1. The van der Waals surface area contributed by atoms with Crippen molar-refractivity contribution in [1.82, 2.24) is 5.32 Å². The fraction of sp³-hybridized carbons (Fsp3) is 0.273. The third kappa shape index (κ3) is 2.80. The summed E-state index contributed by atoms with van der Waals surface area (Å²) in [6, 6.07) is 5.81. The summed E-state index contributed by atoms with van der Waals surface area (Å²) in [5.74, 6) is 0.413. The first-order chi connectivity index (χ1) is 7.19. The molecule has 80 valence electrons. The second-order valence-corrected chi connectivity index (χ2v) is 3.18. The van der Waals surface area contributed by atoms with Gasteiger partial charge in [0.15, 0.2) is 5.84 Å². The van der Waals surface area contributed by atoms with Gasteiger partial charge in [-0.05, 0) is 31.0 Å². The van der Waals surface area contributed by atoms with E-state index in [-0.39, 0.29) is 0 Å². The number of rotatable bonds is 3. The molecule has 0 heterocycles. The summed E-state index contributed by atoms with van der Waals surface area (Å²) in [5.41, 5.74) is 3.16. The number of hydrogen-bond acceptors (Lipinski definition) is 3. The molecule has 0 aliphatic heterocycles. The van der Waals surface area contributed by atoms with Crippen LogP contribution in [0.3, 0.4) is 0 Å². The van der Waals surface area contributed by atoms with Crippen molar-refractivity contribution in [1.29, 1.82) is 0 Å². The fourth-order valence-corrected chi connectivity index (χ4v) is 1.20. The maximum atomic E-state index is 10.4. The largest absolute Gasteiger partial charge is 0.397 e. The van der Waals surface area contributed by atoms with Crippen LogP contribution in [0.4, 0.5) is 0 Å². The standard InChI is InChI=1S/C11H14N2O2/c1-8-4-5-10(6-9(8)2)11(12-7-14)13-15-3/h4-7H,1-3H3,(H,12,13,14). The van der Waals surface area contributed by atoms with Gasteiger partial charge < -0.3 is 10.2 Å². The van der Waals surface area contributed by atoms with E-state index < -0.39 is 0 Å². The van der Waals surface area contributed by atoms with Crippen LogP contribution >= 0.6 is 0 Å². The van der Waals surface area contributed by atoms with E-state index in [2.05, 4.69) is 15.3 Å². The molecule has 0 saturated carbocycles. The molecule has 4 nitrogen and oxygen atoms in total. The van der Waals surface area contributed by atoms with Gasteiger partial charge in [0.25, 0.3) is 0 Å². The normalized spacial score (nSPS) is 11.0. The maximum Gasteiger partial charge on any atom is 0.212 e. The lowest BCUT2D eigenvalue weighted by Crippen LogP contribution is -2.23. The first-order valence-corrected chi connectivity index (χ1v) is 4.58. The number of nitrogens with one attached hydrogen (secondary N) is 1. The van der Waals surface area contributed by atoms with Crippen molar-refractivity contribution in [3.8, 4) is 0 Å². The molecule has 15 heavy (non-hydrogen) atoms. The van der Waals surface area contributed by atoms with Gasteiger partial charge in [0.2, 0.25) is 6.41 Å². The Morgan fingerprint density at radius 2 is 2.13 bits per heavy atom. The lowest BCUT2D eigenvalue weighted by Gasteiger charge is -2.06. The second-order valence-electron chi connectivity index (χ2n) is 3.18. The van der Waals surface area contributed by atoms with E-state index in [9.17, 15) is 4.79 Å². The Balaban J connectivity index is 3.06. The Bertz CT molecular complexity index is 386. The monoisotopic (exact) mass is 206 g/mol. The molecule has 0 radical (unpaired) electrons. The highest BCUT2D eigenvalue weighted by molar-refractivity contribution is 6.03. The number of amidine groups is 1. The van der Waals surface area contributed by atoms with E-state index in [0.29, 0.717) is 12.2 Å². The van der Waals surface area contributed by atoms with E-state index in [4.69, 9.17) is 0 Å². The van der Waals surface area contributed by atoms with Gasteiger partial charge in [-0.2, -0.15) is 0 Å². The SMILES string of the molecule is CO/N=C(\NC=O)c1ccc(C)c(C)c1. The number of hydrogen-bond donors (Lipinski definition) is 1. The van der Waals surface area contributed by atoms with Crippen LogP contribution in [0.5, 0.6) is 0 Å². The van der Waals surface area contributed by atoms with Crippen LogP contribution in [-0.4, -0.2) is 19.4 Å². The molecule has 1 amide bonds. The summed E-state index contributed by atoms with van der Waals surface area (Å²) in [6.07, 6.45) is 0.576. The van der Waals surface area contributed by atoms with Gasteiger partial charge in [-0.25, -0.2) is 0 Å². The van der Waals surface area contributed by atoms with Crippen LogP contribution < -0.4 is 5.32 Å². The molecule has 0 atom stereocenters. The number of oxime groups is 1. The zero-order valence-electron chi connectivity index (χ0n) is 9.07. The molecule has 0 saturated heterocycles. The molecule has 1 rings (SSSR count). The minimum atomic E-state index is 0.413. The van der Waals surface area contributed by atoms with Crippen molar-refractivity contribution in [2.45, 2.75) is 13.8 Å². The van der Waals surface area contributed by atoms with Gasteiger partial charge in [-0.1, -0.05) is 17.3 Å². The molecular weight excluding hydrogens is 192 g/mol. The molecular formula is C11H14N2O2. The molecule has 0 spiro atoms. The number of nitrogens with zero attached hydrogens (tertiary/aromatic N) is 1. The summed E-state index contributed by atoms with van der Waals surface area (Å²) in [4.78, 5) is 15.0. The molecule has 1 N–H and O–H groups in total. The van der Waals surface area contributed by atoms with Gasteiger partial charge >= 0.3 is 0 Å². The molecule has 0 bridgehead atoms. The number of benzene rings is 1. The number of carbonyl (C=O) groups is 1. The van der Waals surface area contributed by atoms with Gasteiger partial charge in [0.05, 0.1) is 0 Å². The average molecular weight is 206 g/mol. The lowest BCUT2D eigenvalue weighted by atomic mass is 10.1. The fourth-order valence-electron chi connectivity index (χ4n) is 1.20. The van der Waals surface area contributed by atoms with Gasteiger partial charge in [0, 0.05) is 5.56 Å². The molecule has 4 heteroatoms. The minimum Gasteiger partial charge on any atom is -0.397 e. The quantitative estimate of drug-likeness (QED) is 0.351. The Morgan fingerprint density at radius 1 is 1.40 bits per heavy atom. The molecule has 0 aromatic heterocycles. The van der Waals surface area contributed by atoms with Crippen LogP contribution in [0.2, 0.25) is 0 Å². The van der Waals surface area contributed by atoms with Crippen molar-refractivity contribution in [2.24, 2.45) is 5.16 Å². The Kier molecular flexibility index (Phi) is 3.85. The van der Waals surface area contributed by atoms with Crippen molar-refractivity contribution in [3.05, 3.63) is 34.9 Å². The zero-order valence-corrected chi connectivity index (χ0v) is 9.07. The maximum absolute atomic E-state index is 10.4. The Morgan fingerprint density at radius 3 is 2.67 bits per heavy atom. The number of amides is 1. The van der Waals surface area contributed by atoms with E-state index in [0.717, 1.165) is 11.1 Å². The third-order valence-electron chi connectivity index (χ3n) is 2.16. The smallest absolute Gasteiger partial charge is 0.212 e. The summed E-state index contributed by atoms with van der Waals surface area (Å²) in [5, 5.41) is 6.22. The summed E-state index contributed by atoms with van der Waals surface area (Å²) in [7, 11) is 1.44. The van der Waals surface area contributed by atoms with Crippen molar-refractivity contribution in [2.75, 3.05) is 7.11 Å². The van der Waals surface area contributed by atoms with Gasteiger partial charge in [0.1, 0.15) is 7.11 Å². The molecule has 1 aromatic rings. The highest BCUT2D eigenvalue weighted by atomic mass is 16.6. The predicted molar refractivity (Wildman–Crippen MR) is 58.7 cm³/mol. The molecule has 0 aliphatic carbocycles. The van der Waals surface area contributed by atoms with Crippen molar-refractivity contribution in [3.63, 3.8) is 0 Å². The highest BCUT2D eigenvalue weighted by Crippen LogP contribution is 2.10. The van der Waals surface area contributed by atoms with E-state index >= 15 is 0 Å². The average Bonchev–Trinajstić information content (AvgIpc) is 2.22. The molecule has 1 aromatic carbocycles. The Hall–Kier alpha value is -1.84. The third-order valence-corrected chi connectivity index (χ3v) is 2.16. The first-order valence-electron chi connectivity index (χ1n) is 4.58.